The van der Waals surface area contributed by atoms with E-state index in [9.17, 15) is 14.0 Å². The van der Waals surface area contributed by atoms with Gasteiger partial charge in [0.15, 0.2) is 5.69 Å². The second kappa shape index (κ2) is 6.84. The molecule has 1 aromatic heterocycles. The number of halogens is 1. The van der Waals surface area contributed by atoms with E-state index in [0.29, 0.717) is 13.0 Å². The number of carbonyl (C=O) groups is 2. The largest absolute Gasteiger partial charge is 0.480 e. The van der Waals surface area contributed by atoms with Gasteiger partial charge in [-0.25, -0.2) is 9.07 Å². The summed E-state index contributed by atoms with van der Waals surface area (Å²) in [7, 11) is 0. The number of para-hydroxylation sites is 1. The number of aromatic nitrogens is 2. The van der Waals surface area contributed by atoms with Crippen molar-refractivity contribution in [1.29, 1.82) is 0 Å². The van der Waals surface area contributed by atoms with Crippen LogP contribution in [-0.2, 0) is 4.79 Å². The van der Waals surface area contributed by atoms with Gasteiger partial charge < -0.3 is 10.0 Å². The maximum absolute atomic E-state index is 13.7. The number of hydrogen-bond acceptors (Lipinski definition) is 3. The van der Waals surface area contributed by atoms with E-state index in [4.69, 9.17) is 5.11 Å². The molecule has 1 amide bonds. The molecule has 0 aliphatic carbocycles. The zero-order valence-electron chi connectivity index (χ0n) is 12.1. The maximum Gasteiger partial charge on any atom is 0.323 e. The van der Waals surface area contributed by atoms with E-state index in [1.54, 1.807) is 12.1 Å². The Bertz CT molecular complexity index is 684. The molecule has 0 saturated carbocycles. The maximum atomic E-state index is 13.7. The molecule has 0 bridgehead atoms. The predicted molar refractivity (Wildman–Crippen MR) is 77.4 cm³/mol. The van der Waals surface area contributed by atoms with E-state index in [-0.39, 0.29) is 17.9 Å². The SMILES string of the molecule is CCCN(CC(=O)O)C(=O)c1ccn(-c2ccccc2F)n1. The van der Waals surface area contributed by atoms with Gasteiger partial charge in [-0.15, -0.1) is 0 Å². The Morgan fingerprint density at radius 3 is 2.68 bits per heavy atom. The first-order chi connectivity index (χ1) is 10.5. The molecule has 7 heteroatoms. The molecule has 0 radical (unpaired) electrons. The Balaban J connectivity index is 2.24. The zero-order chi connectivity index (χ0) is 16.1. The van der Waals surface area contributed by atoms with Crippen LogP contribution in [0.3, 0.4) is 0 Å². The van der Waals surface area contributed by atoms with Crippen LogP contribution in [0.2, 0.25) is 0 Å². The molecule has 1 heterocycles. The van der Waals surface area contributed by atoms with Crippen LogP contribution in [0, 0.1) is 5.82 Å². The van der Waals surface area contributed by atoms with Gasteiger partial charge in [0.1, 0.15) is 18.0 Å². The Morgan fingerprint density at radius 2 is 2.05 bits per heavy atom. The molecule has 2 aromatic rings. The van der Waals surface area contributed by atoms with Crippen molar-refractivity contribution >= 4 is 11.9 Å². The van der Waals surface area contributed by atoms with Crippen molar-refractivity contribution in [3.8, 4) is 5.69 Å². The molecule has 1 N–H and O–H groups in total. The van der Waals surface area contributed by atoms with Crippen LogP contribution in [0.4, 0.5) is 4.39 Å². The molecule has 0 aliphatic rings. The summed E-state index contributed by atoms with van der Waals surface area (Å²) in [5.41, 5.74) is 0.305. The topological polar surface area (TPSA) is 75.4 Å². The summed E-state index contributed by atoms with van der Waals surface area (Å²) in [5, 5.41) is 12.9. The quantitative estimate of drug-likeness (QED) is 0.885. The molecular formula is C15H16FN3O3. The number of hydrogen-bond donors (Lipinski definition) is 1. The summed E-state index contributed by atoms with van der Waals surface area (Å²) < 4.78 is 15.0. The minimum Gasteiger partial charge on any atom is -0.480 e. The molecular weight excluding hydrogens is 289 g/mol. The second-order valence-electron chi connectivity index (χ2n) is 4.72. The summed E-state index contributed by atoms with van der Waals surface area (Å²) in [5.74, 6) is -2.03. The van der Waals surface area contributed by atoms with Crippen molar-refractivity contribution < 1.29 is 19.1 Å². The average Bonchev–Trinajstić information content (AvgIpc) is 2.95. The number of rotatable bonds is 6. The molecule has 116 valence electrons. The van der Waals surface area contributed by atoms with Gasteiger partial charge >= 0.3 is 5.97 Å². The van der Waals surface area contributed by atoms with E-state index in [0.717, 1.165) is 0 Å². The average molecular weight is 305 g/mol. The van der Waals surface area contributed by atoms with E-state index >= 15 is 0 Å². The summed E-state index contributed by atoms with van der Waals surface area (Å²) in [6.07, 6.45) is 2.10. The van der Waals surface area contributed by atoms with Crippen LogP contribution in [0.15, 0.2) is 36.5 Å². The first-order valence-electron chi connectivity index (χ1n) is 6.84. The van der Waals surface area contributed by atoms with Crippen LogP contribution >= 0.6 is 0 Å². The van der Waals surface area contributed by atoms with Gasteiger partial charge in [0.2, 0.25) is 0 Å². The lowest BCUT2D eigenvalue weighted by molar-refractivity contribution is -0.137. The van der Waals surface area contributed by atoms with E-state index in [2.05, 4.69) is 5.10 Å². The minimum atomic E-state index is -1.09. The molecule has 0 unspecified atom stereocenters. The Hall–Kier alpha value is -2.70. The fourth-order valence-corrected chi connectivity index (χ4v) is 2.06. The third-order valence-corrected chi connectivity index (χ3v) is 3.01. The van der Waals surface area contributed by atoms with Crippen LogP contribution in [-0.4, -0.2) is 44.8 Å². The van der Waals surface area contributed by atoms with Crippen molar-refractivity contribution in [2.45, 2.75) is 13.3 Å². The van der Waals surface area contributed by atoms with E-state index in [1.807, 2.05) is 6.92 Å². The first kappa shape index (κ1) is 15.7. The molecule has 0 aliphatic heterocycles. The highest BCUT2D eigenvalue weighted by Crippen LogP contribution is 2.13. The van der Waals surface area contributed by atoms with E-state index < -0.39 is 17.7 Å². The van der Waals surface area contributed by atoms with Crippen LogP contribution < -0.4 is 0 Å². The molecule has 0 spiro atoms. The normalized spacial score (nSPS) is 10.5. The Kier molecular flexibility index (Phi) is 4.88. The number of aliphatic carboxylic acids is 1. The lowest BCUT2D eigenvalue weighted by Crippen LogP contribution is -2.36. The van der Waals surface area contributed by atoms with Crippen molar-refractivity contribution in [3.63, 3.8) is 0 Å². The van der Waals surface area contributed by atoms with Gasteiger partial charge in [0.05, 0.1) is 0 Å². The third-order valence-electron chi connectivity index (χ3n) is 3.01. The third kappa shape index (κ3) is 3.49. The summed E-state index contributed by atoms with van der Waals surface area (Å²) >= 11 is 0. The molecule has 22 heavy (non-hydrogen) atoms. The van der Waals surface area contributed by atoms with Crippen molar-refractivity contribution in [2.75, 3.05) is 13.1 Å². The second-order valence-corrected chi connectivity index (χ2v) is 4.72. The lowest BCUT2D eigenvalue weighted by Gasteiger charge is -2.18. The van der Waals surface area contributed by atoms with Crippen LogP contribution in [0.5, 0.6) is 0 Å². The molecule has 6 nitrogen and oxygen atoms in total. The lowest BCUT2D eigenvalue weighted by atomic mass is 10.3. The molecule has 0 saturated heterocycles. The summed E-state index contributed by atoms with van der Waals surface area (Å²) in [6, 6.07) is 7.50. The van der Waals surface area contributed by atoms with Gasteiger partial charge in [0.25, 0.3) is 5.91 Å². The highest BCUT2D eigenvalue weighted by Gasteiger charge is 2.20. The Morgan fingerprint density at radius 1 is 1.32 bits per heavy atom. The van der Waals surface area contributed by atoms with Gasteiger partial charge in [-0.2, -0.15) is 5.10 Å². The molecule has 2 rings (SSSR count). The minimum absolute atomic E-state index is 0.0814. The van der Waals surface area contributed by atoms with Crippen LogP contribution in [0.1, 0.15) is 23.8 Å². The van der Waals surface area contributed by atoms with Gasteiger partial charge in [-0.1, -0.05) is 19.1 Å². The monoisotopic (exact) mass is 305 g/mol. The number of carboxylic acid groups (broad SMARTS) is 1. The highest BCUT2D eigenvalue weighted by atomic mass is 19.1. The zero-order valence-corrected chi connectivity index (χ0v) is 12.1. The smallest absolute Gasteiger partial charge is 0.323 e. The summed E-state index contributed by atoms with van der Waals surface area (Å²) in [6.45, 7) is 1.77. The Labute approximate surface area is 126 Å². The van der Waals surface area contributed by atoms with Gasteiger partial charge in [-0.05, 0) is 24.6 Å². The number of nitrogens with zero attached hydrogens (tertiary/aromatic N) is 3. The molecule has 1 aromatic carbocycles. The van der Waals surface area contributed by atoms with Gasteiger partial charge in [-0.3, -0.25) is 9.59 Å². The van der Waals surface area contributed by atoms with Crippen molar-refractivity contribution in [2.24, 2.45) is 0 Å². The van der Waals surface area contributed by atoms with Gasteiger partial charge in [0, 0.05) is 12.7 Å². The highest BCUT2D eigenvalue weighted by molar-refractivity contribution is 5.94. The number of carboxylic acids is 1. The fraction of sp³-hybridized carbons (Fsp3) is 0.267. The first-order valence-corrected chi connectivity index (χ1v) is 6.84. The fourth-order valence-electron chi connectivity index (χ4n) is 2.06. The number of benzene rings is 1. The number of amides is 1. The number of carbonyl (C=O) groups excluding carboxylic acids is 1. The standard InChI is InChI=1S/C15H16FN3O3/c1-2-8-18(10-14(20)21)15(22)12-7-9-19(17-12)13-6-4-3-5-11(13)16/h3-7,9H,2,8,10H2,1H3,(H,20,21). The predicted octanol–water partition coefficient (Wildman–Crippen LogP) is 1.95. The van der Waals surface area contributed by atoms with Crippen molar-refractivity contribution in [1.82, 2.24) is 14.7 Å². The van der Waals surface area contributed by atoms with Crippen LogP contribution in [0.25, 0.3) is 5.69 Å². The van der Waals surface area contributed by atoms with Crippen molar-refractivity contribution in [3.05, 3.63) is 48.0 Å². The molecule has 0 fully saturated rings. The summed E-state index contributed by atoms with van der Waals surface area (Å²) in [4.78, 5) is 24.3. The molecule has 0 atom stereocenters. The van der Waals surface area contributed by atoms with E-state index in [1.165, 1.54) is 34.0 Å².